The molecule has 4 heteroatoms. The molecule has 1 fully saturated rings. The van der Waals surface area contributed by atoms with E-state index in [1.54, 1.807) is 12.1 Å². The summed E-state index contributed by atoms with van der Waals surface area (Å²) >= 11 is 0. The third kappa shape index (κ3) is 2.51. The van der Waals surface area contributed by atoms with Gasteiger partial charge in [-0.1, -0.05) is 13.3 Å². The van der Waals surface area contributed by atoms with Crippen molar-refractivity contribution in [1.29, 1.82) is 5.26 Å². The zero-order valence-corrected chi connectivity index (χ0v) is 10.6. The molecule has 4 nitrogen and oxygen atoms in total. The van der Waals surface area contributed by atoms with Crippen LogP contribution in [0, 0.1) is 16.7 Å². The number of nitrogens with one attached hydrogen (secondary N) is 1. The monoisotopic (exact) mass is 243 g/mol. The first-order valence-corrected chi connectivity index (χ1v) is 6.33. The van der Waals surface area contributed by atoms with Crippen LogP contribution in [0.25, 0.3) is 0 Å². The van der Waals surface area contributed by atoms with Crippen molar-refractivity contribution in [3.63, 3.8) is 0 Å². The lowest BCUT2D eigenvalue weighted by molar-refractivity contribution is 0.0845. The maximum atomic E-state index is 11.9. The van der Waals surface area contributed by atoms with E-state index >= 15 is 0 Å². The van der Waals surface area contributed by atoms with E-state index in [-0.39, 0.29) is 5.91 Å². The van der Waals surface area contributed by atoms with E-state index in [1.807, 2.05) is 6.07 Å². The number of hydrogen-bond acceptors (Lipinski definition) is 3. The Bertz CT molecular complexity index is 463. The van der Waals surface area contributed by atoms with Gasteiger partial charge in [0.2, 0.25) is 0 Å². The molecule has 0 atom stereocenters. The Labute approximate surface area is 107 Å². The molecule has 1 amide bonds. The fourth-order valence-electron chi connectivity index (χ4n) is 2.28. The minimum Gasteiger partial charge on any atom is -0.350 e. The smallest absolute Gasteiger partial charge is 0.269 e. The van der Waals surface area contributed by atoms with E-state index in [1.165, 1.54) is 25.5 Å². The maximum absolute atomic E-state index is 11.9. The van der Waals surface area contributed by atoms with Gasteiger partial charge < -0.3 is 5.32 Å². The highest BCUT2D eigenvalue weighted by atomic mass is 16.1. The van der Waals surface area contributed by atoms with Crippen LogP contribution in [0.5, 0.6) is 0 Å². The van der Waals surface area contributed by atoms with Gasteiger partial charge in [0.1, 0.15) is 11.8 Å². The fourth-order valence-corrected chi connectivity index (χ4v) is 2.28. The van der Waals surface area contributed by atoms with Crippen LogP contribution in [0.3, 0.4) is 0 Å². The first-order valence-electron chi connectivity index (χ1n) is 6.33. The van der Waals surface area contributed by atoms with Gasteiger partial charge >= 0.3 is 0 Å². The lowest BCUT2D eigenvalue weighted by Gasteiger charge is -2.41. The van der Waals surface area contributed by atoms with E-state index in [0.29, 0.717) is 16.7 Å². The molecule has 1 aromatic rings. The zero-order valence-electron chi connectivity index (χ0n) is 10.6. The second kappa shape index (κ2) is 5.18. The van der Waals surface area contributed by atoms with Crippen LogP contribution in [-0.4, -0.2) is 17.4 Å². The fraction of sp³-hybridized carbons (Fsp3) is 0.500. The molecular weight excluding hydrogens is 226 g/mol. The summed E-state index contributed by atoms with van der Waals surface area (Å²) in [7, 11) is 0. The molecule has 18 heavy (non-hydrogen) atoms. The average molecular weight is 243 g/mol. The number of carbonyl (C=O) groups excluding carboxylic acids is 1. The summed E-state index contributed by atoms with van der Waals surface area (Å²) in [6.07, 6.45) is 6.19. The highest BCUT2D eigenvalue weighted by Crippen LogP contribution is 2.43. The van der Waals surface area contributed by atoms with Crippen LogP contribution in [0.4, 0.5) is 0 Å². The molecule has 94 valence electrons. The number of nitriles is 1. The predicted octanol–water partition coefficient (Wildman–Crippen LogP) is 2.26. The van der Waals surface area contributed by atoms with Crippen LogP contribution in [0.2, 0.25) is 0 Å². The third-order valence-electron chi connectivity index (χ3n) is 3.91. The largest absolute Gasteiger partial charge is 0.350 e. The van der Waals surface area contributed by atoms with E-state index in [9.17, 15) is 4.79 Å². The van der Waals surface area contributed by atoms with Crippen LogP contribution >= 0.6 is 0 Å². The first-order chi connectivity index (χ1) is 8.69. The van der Waals surface area contributed by atoms with Crippen molar-refractivity contribution >= 4 is 5.91 Å². The summed E-state index contributed by atoms with van der Waals surface area (Å²) in [6, 6.07) is 5.19. The molecule has 1 aromatic heterocycles. The Morgan fingerprint density at radius 1 is 1.56 bits per heavy atom. The lowest BCUT2D eigenvalue weighted by Crippen LogP contribution is -2.41. The van der Waals surface area contributed by atoms with E-state index in [0.717, 1.165) is 13.0 Å². The second-order valence-corrected chi connectivity index (χ2v) is 4.93. The Hall–Kier alpha value is -1.89. The lowest BCUT2D eigenvalue weighted by atomic mass is 9.67. The van der Waals surface area contributed by atoms with Gasteiger partial charge in [0, 0.05) is 12.7 Å². The first kappa shape index (κ1) is 12.6. The SMILES string of the molecule is CCC1(CNC(=O)c2ccc(C#N)cn2)CCC1. The number of aromatic nitrogens is 1. The van der Waals surface area contributed by atoms with E-state index in [2.05, 4.69) is 17.2 Å². The predicted molar refractivity (Wildman–Crippen MR) is 67.9 cm³/mol. The van der Waals surface area contributed by atoms with Crippen molar-refractivity contribution in [3.8, 4) is 6.07 Å². The number of amides is 1. The van der Waals surface area contributed by atoms with Crippen LogP contribution in [-0.2, 0) is 0 Å². The number of pyridine rings is 1. The van der Waals surface area contributed by atoms with Crippen molar-refractivity contribution in [1.82, 2.24) is 10.3 Å². The number of rotatable bonds is 4. The summed E-state index contributed by atoms with van der Waals surface area (Å²) in [5.41, 5.74) is 1.15. The van der Waals surface area contributed by atoms with Crippen molar-refractivity contribution in [3.05, 3.63) is 29.6 Å². The molecular formula is C14H17N3O. The molecule has 1 aliphatic carbocycles. The molecule has 1 heterocycles. The van der Waals surface area contributed by atoms with Gasteiger partial charge in [0.25, 0.3) is 5.91 Å². The number of nitrogens with zero attached hydrogens (tertiary/aromatic N) is 2. The quantitative estimate of drug-likeness (QED) is 0.882. The van der Waals surface area contributed by atoms with Crippen LogP contribution < -0.4 is 5.32 Å². The summed E-state index contributed by atoms with van der Waals surface area (Å²) < 4.78 is 0. The van der Waals surface area contributed by atoms with Gasteiger partial charge in [-0.15, -0.1) is 0 Å². The van der Waals surface area contributed by atoms with Crippen molar-refractivity contribution in [2.24, 2.45) is 5.41 Å². The summed E-state index contributed by atoms with van der Waals surface area (Å²) in [4.78, 5) is 15.9. The Morgan fingerprint density at radius 3 is 2.78 bits per heavy atom. The molecule has 0 aromatic carbocycles. The van der Waals surface area contributed by atoms with Crippen molar-refractivity contribution in [2.75, 3.05) is 6.54 Å². The molecule has 0 radical (unpaired) electrons. The van der Waals surface area contributed by atoms with Gasteiger partial charge in [0.05, 0.1) is 5.56 Å². The van der Waals surface area contributed by atoms with Crippen LogP contribution in [0.1, 0.15) is 48.7 Å². The molecule has 0 saturated heterocycles. The average Bonchev–Trinajstić information content (AvgIpc) is 2.38. The van der Waals surface area contributed by atoms with Gasteiger partial charge in [-0.2, -0.15) is 5.26 Å². The normalized spacial score (nSPS) is 16.4. The topological polar surface area (TPSA) is 65.8 Å². The zero-order chi connectivity index (χ0) is 13.0. The van der Waals surface area contributed by atoms with Crippen molar-refractivity contribution < 1.29 is 4.79 Å². The highest BCUT2D eigenvalue weighted by molar-refractivity contribution is 5.92. The molecule has 1 N–H and O–H groups in total. The minimum atomic E-state index is -0.154. The molecule has 1 aliphatic rings. The molecule has 1 saturated carbocycles. The van der Waals surface area contributed by atoms with Gasteiger partial charge in [-0.3, -0.25) is 4.79 Å². The van der Waals surface area contributed by atoms with Crippen LogP contribution in [0.15, 0.2) is 18.3 Å². The van der Waals surface area contributed by atoms with Gasteiger partial charge in [-0.25, -0.2) is 4.98 Å². The van der Waals surface area contributed by atoms with Gasteiger partial charge in [-0.05, 0) is 36.8 Å². The summed E-state index contributed by atoms with van der Waals surface area (Å²) in [5, 5.41) is 11.6. The maximum Gasteiger partial charge on any atom is 0.269 e. The summed E-state index contributed by atoms with van der Waals surface area (Å²) in [6.45, 7) is 2.90. The summed E-state index contributed by atoms with van der Waals surface area (Å²) in [5.74, 6) is -0.154. The molecule has 0 bridgehead atoms. The molecule has 0 spiro atoms. The van der Waals surface area contributed by atoms with E-state index < -0.39 is 0 Å². The van der Waals surface area contributed by atoms with Crippen molar-refractivity contribution in [2.45, 2.75) is 32.6 Å². The minimum absolute atomic E-state index is 0.154. The Balaban J connectivity index is 1.93. The highest BCUT2D eigenvalue weighted by Gasteiger charge is 2.35. The standard InChI is InChI=1S/C14H17N3O/c1-2-14(6-3-7-14)10-17-13(18)12-5-4-11(8-15)9-16-12/h4-5,9H,2-3,6-7,10H2,1H3,(H,17,18). The Kier molecular flexibility index (Phi) is 3.61. The number of hydrogen-bond donors (Lipinski definition) is 1. The number of carbonyl (C=O) groups is 1. The molecule has 0 unspecified atom stereocenters. The molecule has 2 rings (SSSR count). The van der Waals surface area contributed by atoms with Gasteiger partial charge in [0.15, 0.2) is 0 Å². The molecule has 0 aliphatic heterocycles. The van der Waals surface area contributed by atoms with E-state index in [4.69, 9.17) is 5.26 Å². The second-order valence-electron chi connectivity index (χ2n) is 4.93. The Morgan fingerprint density at radius 2 is 2.33 bits per heavy atom. The third-order valence-corrected chi connectivity index (χ3v) is 3.91.